The van der Waals surface area contributed by atoms with Crippen molar-refractivity contribution in [2.24, 2.45) is 0 Å². The average Bonchev–Trinajstić information content (AvgIpc) is 3.49. The van der Waals surface area contributed by atoms with Crippen molar-refractivity contribution in [3.8, 4) is 11.1 Å². The summed E-state index contributed by atoms with van der Waals surface area (Å²) in [5.74, 6) is -0.561. The molecule has 1 amide bonds. The van der Waals surface area contributed by atoms with Crippen molar-refractivity contribution in [1.29, 1.82) is 0 Å². The van der Waals surface area contributed by atoms with E-state index in [0.29, 0.717) is 17.3 Å². The standard InChI is InChI=1S/C27H29N5O2S/c1-5-23-17-29-27(35-23)30-26(34)18(2)19-8-6-9-20(14-19)22-15-21-11-13-32(25(21)28-16-22)24(33)10-7-12-31(3)4/h6-11,13-18H,5,12H2,1-4H3,(H,29,30,34)/b10-7+. The molecule has 0 saturated carbocycles. The van der Waals surface area contributed by atoms with Crippen LogP contribution in [0.4, 0.5) is 5.13 Å². The van der Waals surface area contributed by atoms with Gasteiger partial charge in [-0.15, -0.1) is 11.3 Å². The van der Waals surface area contributed by atoms with E-state index in [1.54, 1.807) is 29.2 Å². The fourth-order valence-corrected chi connectivity index (χ4v) is 4.44. The van der Waals surface area contributed by atoms with Crippen LogP contribution in [0.25, 0.3) is 22.2 Å². The summed E-state index contributed by atoms with van der Waals surface area (Å²) >= 11 is 1.50. The van der Waals surface area contributed by atoms with Gasteiger partial charge < -0.3 is 10.2 Å². The van der Waals surface area contributed by atoms with Crippen molar-refractivity contribution < 1.29 is 9.59 Å². The zero-order valence-corrected chi connectivity index (χ0v) is 21.2. The van der Waals surface area contributed by atoms with Gasteiger partial charge in [0.25, 0.3) is 5.91 Å². The van der Waals surface area contributed by atoms with Crippen LogP contribution < -0.4 is 5.32 Å². The van der Waals surface area contributed by atoms with Crippen molar-refractivity contribution in [3.05, 3.63) is 77.6 Å². The number of hydrogen-bond donors (Lipinski definition) is 1. The van der Waals surface area contributed by atoms with E-state index in [1.807, 2.05) is 68.4 Å². The summed E-state index contributed by atoms with van der Waals surface area (Å²) < 4.78 is 1.55. The molecule has 1 unspecified atom stereocenters. The van der Waals surface area contributed by atoms with Crippen molar-refractivity contribution in [2.45, 2.75) is 26.2 Å². The Bertz CT molecular complexity index is 1390. The third-order valence-electron chi connectivity index (χ3n) is 5.74. The fourth-order valence-electron chi connectivity index (χ4n) is 3.69. The molecular weight excluding hydrogens is 458 g/mol. The molecule has 4 rings (SSSR count). The van der Waals surface area contributed by atoms with Gasteiger partial charge in [0.15, 0.2) is 5.13 Å². The Morgan fingerprint density at radius 1 is 1.14 bits per heavy atom. The number of anilines is 1. The van der Waals surface area contributed by atoms with Crippen molar-refractivity contribution in [2.75, 3.05) is 26.0 Å². The molecule has 0 aliphatic carbocycles. The van der Waals surface area contributed by atoms with Gasteiger partial charge in [-0.2, -0.15) is 0 Å². The van der Waals surface area contributed by atoms with Crippen LogP contribution in [-0.4, -0.2) is 51.9 Å². The lowest BCUT2D eigenvalue weighted by Crippen LogP contribution is -2.18. The second-order valence-electron chi connectivity index (χ2n) is 8.65. The van der Waals surface area contributed by atoms with Gasteiger partial charge in [-0.25, -0.2) is 9.97 Å². The monoisotopic (exact) mass is 487 g/mol. The molecule has 0 spiro atoms. The topological polar surface area (TPSA) is 80.1 Å². The summed E-state index contributed by atoms with van der Waals surface area (Å²) in [6.45, 7) is 4.65. The Kier molecular flexibility index (Phi) is 7.53. The predicted molar refractivity (Wildman–Crippen MR) is 142 cm³/mol. The molecular formula is C27H29N5O2S. The molecule has 7 nitrogen and oxygen atoms in total. The first-order chi connectivity index (χ1) is 16.9. The molecule has 1 N–H and O–H groups in total. The third kappa shape index (κ3) is 5.72. The maximum atomic E-state index is 12.8. The number of thiazole rings is 1. The van der Waals surface area contributed by atoms with Crippen LogP contribution in [0.5, 0.6) is 0 Å². The smallest absolute Gasteiger partial charge is 0.255 e. The Morgan fingerprint density at radius 3 is 2.71 bits per heavy atom. The van der Waals surface area contributed by atoms with Gasteiger partial charge in [0.05, 0.1) is 5.92 Å². The van der Waals surface area contributed by atoms with Crippen LogP contribution in [0.1, 0.15) is 35.0 Å². The first-order valence-electron chi connectivity index (χ1n) is 11.5. The molecule has 8 heteroatoms. The van der Waals surface area contributed by atoms with Crippen LogP contribution in [0.15, 0.2) is 67.1 Å². The SMILES string of the molecule is CCc1cnc(NC(=O)C(C)c2cccc(-c3cnc4c(ccn4C(=O)/C=C/CN(C)C)c3)c2)s1. The molecule has 35 heavy (non-hydrogen) atoms. The Balaban J connectivity index is 1.52. The number of nitrogens with zero attached hydrogens (tertiary/aromatic N) is 4. The number of fused-ring (bicyclic) bond motifs is 1. The number of amides is 1. The molecule has 3 heterocycles. The number of allylic oxidation sites excluding steroid dienone is 1. The fraction of sp³-hybridized carbons (Fsp3) is 0.259. The minimum Gasteiger partial charge on any atom is -0.306 e. The lowest BCUT2D eigenvalue weighted by atomic mass is 9.96. The Hall–Kier alpha value is -3.62. The molecule has 3 aromatic heterocycles. The molecule has 4 aromatic rings. The lowest BCUT2D eigenvalue weighted by molar-refractivity contribution is -0.117. The summed E-state index contributed by atoms with van der Waals surface area (Å²) in [7, 11) is 3.90. The van der Waals surface area contributed by atoms with Gasteiger partial charge in [-0.05, 0) is 50.7 Å². The van der Waals surface area contributed by atoms with Gasteiger partial charge in [-0.3, -0.25) is 14.2 Å². The van der Waals surface area contributed by atoms with Crippen molar-refractivity contribution >= 4 is 39.3 Å². The number of likely N-dealkylation sites (N-methyl/N-ethyl adjacent to an activating group) is 1. The lowest BCUT2D eigenvalue weighted by Gasteiger charge is -2.13. The highest BCUT2D eigenvalue weighted by Crippen LogP contribution is 2.28. The molecule has 0 radical (unpaired) electrons. The Morgan fingerprint density at radius 2 is 1.97 bits per heavy atom. The largest absolute Gasteiger partial charge is 0.306 e. The Labute approximate surface area is 209 Å². The van der Waals surface area contributed by atoms with E-state index in [9.17, 15) is 9.59 Å². The van der Waals surface area contributed by atoms with E-state index in [1.165, 1.54) is 11.3 Å². The summed E-state index contributed by atoms with van der Waals surface area (Å²) in [5, 5.41) is 4.43. The van der Waals surface area contributed by atoms with Crippen LogP contribution in [0.3, 0.4) is 0 Å². The summed E-state index contributed by atoms with van der Waals surface area (Å²) in [6.07, 6.45) is 9.61. The minimum absolute atomic E-state index is 0.0920. The second-order valence-corrected chi connectivity index (χ2v) is 9.76. The number of carbonyl (C=O) groups excluding carboxylic acids is 2. The molecule has 0 aliphatic heterocycles. The van der Waals surface area contributed by atoms with Crippen LogP contribution in [0, 0.1) is 0 Å². The first kappa shape index (κ1) is 24.5. The van der Waals surface area contributed by atoms with Crippen molar-refractivity contribution in [3.63, 3.8) is 0 Å². The predicted octanol–water partition coefficient (Wildman–Crippen LogP) is 5.22. The highest BCUT2D eigenvalue weighted by atomic mass is 32.1. The zero-order chi connectivity index (χ0) is 24.9. The molecule has 0 bridgehead atoms. The third-order valence-corrected chi connectivity index (χ3v) is 6.80. The van der Waals surface area contributed by atoms with Crippen LogP contribution in [-0.2, 0) is 11.2 Å². The molecule has 1 aromatic carbocycles. The van der Waals surface area contributed by atoms with Gasteiger partial charge in [-0.1, -0.05) is 37.3 Å². The van der Waals surface area contributed by atoms with Gasteiger partial charge in [0.2, 0.25) is 5.91 Å². The number of aryl methyl sites for hydroxylation is 1. The number of pyridine rings is 1. The first-order valence-corrected chi connectivity index (χ1v) is 12.4. The van der Waals surface area contributed by atoms with E-state index in [2.05, 4.69) is 22.2 Å². The van der Waals surface area contributed by atoms with Gasteiger partial charge in [0, 0.05) is 47.0 Å². The molecule has 0 fully saturated rings. The summed E-state index contributed by atoms with van der Waals surface area (Å²) in [4.78, 5) is 37.4. The highest BCUT2D eigenvalue weighted by Gasteiger charge is 2.18. The highest BCUT2D eigenvalue weighted by molar-refractivity contribution is 7.15. The number of carbonyl (C=O) groups is 2. The average molecular weight is 488 g/mol. The van der Waals surface area contributed by atoms with E-state index in [-0.39, 0.29) is 17.7 Å². The summed E-state index contributed by atoms with van der Waals surface area (Å²) in [5.41, 5.74) is 3.41. The number of benzene rings is 1. The molecule has 180 valence electrons. The second kappa shape index (κ2) is 10.8. The molecule has 0 saturated heterocycles. The van der Waals surface area contributed by atoms with E-state index in [4.69, 9.17) is 0 Å². The van der Waals surface area contributed by atoms with Gasteiger partial charge in [0.1, 0.15) is 5.65 Å². The number of nitrogens with one attached hydrogen (secondary N) is 1. The minimum atomic E-state index is -0.340. The number of hydrogen-bond acceptors (Lipinski definition) is 6. The van der Waals surface area contributed by atoms with Gasteiger partial charge >= 0.3 is 0 Å². The normalized spacial score (nSPS) is 12.5. The van der Waals surface area contributed by atoms with E-state index >= 15 is 0 Å². The maximum Gasteiger partial charge on any atom is 0.255 e. The molecule has 0 aliphatic rings. The van der Waals surface area contributed by atoms with E-state index < -0.39 is 0 Å². The summed E-state index contributed by atoms with van der Waals surface area (Å²) in [6, 6.07) is 11.8. The molecule has 1 atom stereocenters. The van der Waals surface area contributed by atoms with Crippen LogP contribution in [0.2, 0.25) is 0 Å². The maximum absolute atomic E-state index is 12.8. The van der Waals surface area contributed by atoms with Crippen LogP contribution >= 0.6 is 11.3 Å². The number of aromatic nitrogens is 3. The van der Waals surface area contributed by atoms with Crippen molar-refractivity contribution in [1.82, 2.24) is 19.4 Å². The van der Waals surface area contributed by atoms with E-state index in [0.717, 1.165) is 33.4 Å². The quantitative estimate of drug-likeness (QED) is 0.345. The number of rotatable bonds is 8. The zero-order valence-electron chi connectivity index (χ0n) is 20.4.